The Balaban J connectivity index is 2.27. The molecule has 0 bridgehead atoms. The maximum Gasteiger partial charge on any atom is 0.326 e. The van der Waals surface area contributed by atoms with Gasteiger partial charge in [-0.2, -0.15) is 0 Å². The van der Waals surface area contributed by atoms with Gasteiger partial charge in [0.15, 0.2) is 0 Å². The lowest BCUT2D eigenvalue weighted by Crippen LogP contribution is -2.41. The van der Waals surface area contributed by atoms with Crippen LogP contribution in [0.1, 0.15) is 11.8 Å². The summed E-state index contributed by atoms with van der Waals surface area (Å²) < 4.78 is 0.290. The van der Waals surface area contributed by atoms with Crippen LogP contribution < -0.4 is 0 Å². The van der Waals surface area contributed by atoms with E-state index >= 15 is 0 Å². The number of hydrogen-bond donors (Lipinski definition) is 1. The number of carboxylic acid groups (broad SMARTS) is 1. The summed E-state index contributed by atoms with van der Waals surface area (Å²) >= 11 is 7.70. The van der Waals surface area contributed by atoms with Gasteiger partial charge in [0, 0.05) is 4.88 Å². The highest BCUT2D eigenvalue weighted by Gasteiger charge is 2.38. The number of aliphatic carboxylic acids is 1. The van der Waals surface area contributed by atoms with Crippen LogP contribution >= 0.6 is 35.3 Å². The summed E-state index contributed by atoms with van der Waals surface area (Å²) in [6.45, 7) is 1.45. The zero-order valence-corrected chi connectivity index (χ0v) is 11.8. The van der Waals surface area contributed by atoms with Crippen molar-refractivity contribution in [2.75, 3.05) is 0 Å². The quantitative estimate of drug-likeness (QED) is 0.686. The fourth-order valence-corrected chi connectivity index (χ4v) is 3.57. The predicted octanol–water partition coefficient (Wildman–Crippen LogP) is 2.42. The molecule has 2 heterocycles. The van der Waals surface area contributed by atoms with Crippen LogP contribution in [0.5, 0.6) is 0 Å². The van der Waals surface area contributed by atoms with E-state index in [-0.39, 0.29) is 10.2 Å². The van der Waals surface area contributed by atoms with E-state index in [2.05, 4.69) is 0 Å². The average molecular weight is 299 g/mol. The Hall–Kier alpha value is -1.18. The largest absolute Gasteiger partial charge is 0.480 e. The summed E-state index contributed by atoms with van der Waals surface area (Å²) in [5.74, 6) is -1.41. The van der Waals surface area contributed by atoms with Gasteiger partial charge >= 0.3 is 5.97 Å². The third kappa shape index (κ3) is 2.47. The summed E-state index contributed by atoms with van der Waals surface area (Å²) in [4.78, 5) is 25.6. The molecule has 94 valence electrons. The maximum atomic E-state index is 12.1. The highest BCUT2D eigenvalue weighted by Crippen LogP contribution is 2.34. The van der Waals surface area contributed by atoms with E-state index in [1.54, 1.807) is 6.08 Å². The monoisotopic (exact) mass is 299 g/mol. The molecule has 1 atom stereocenters. The van der Waals surface area contributed by atoms with E-state index in [1.807, 2.05) is 17.5 Å². The molecule has 0 aliphatic carbocycles. The summed E-state index contributed by atoms with van der Waals surface area (Å²) in [6, 6.07) is 2.83. The summed E-state index contributed by atoms with van der Waals surface area (Å²) in [5, 5.41) is 10.8. The smallest absolute Gasteiger partial charge is 0.326 e. The van der Waals surface area contributed by atoms with Crippen LogP contribution in [0.3, 0.4) is 0 Å². The fraction of sp³-hybridized carbons (Fsp3) is 0.182. The van der Waals surface area contributed by atoms with Crippen molar-refractivity contribution >= 4 is 57.6 Å². The summed E-state index contributed by atoms with van der Waals surface area (Å²) in [7, 11) is 0. The lowest BCUT2D eigenvalue weighted by atomic mass is 10.3. The fourth-order valence-electron chi connectivity index (χ4n) is 1.43. The summed E-state index contributed by atoms with van der Waals surface area (Å²) in [6.07, 6.45) is 1.73. The van der Waals surface area contributed by atoms with Crippen LogP contribution in [-0.4, -0.2) is 32.2 Å². The number of amides is 1. The molecule has 1 saturated heterocycles. The minimum Gasteiger partial charge on any atom is -0.480 e. The molecule has 1 N–H and O–H groups in total. The first-order valence-corrected chi connectivity index (χ1v) is 7.14. The van der Waals surface area contributed by atoms with Crippen molar-refractivity contribution in [3.63, 3.8) is 0 Å². The van der Waals surface area contributed by atoms with Crippen molar-refractivity contribution in [2.24, 2.45) is 0 Å². The Morgan fingerprint density at radius 2 is 2.33 bits per heavy atom. The predicted molar refractivity (Wildman–Crippen MR) is 76.4 cm³/mol. The van der Waals surface area contributed by atoms with Crippen molar-refractivity contribution in [3.05, 3.63) is 27.3 Å². The Kier molecular flexibility index (Phi) is 3.84. The molecule has 4 nitrogen and oxygen atoms in total. The number of carbonyl (C=O) groups is 2. The number of nitrogens with zero attached hydrogens (tertiary/aromatic N) is 1. The van der Waals surface area contributed by atoms with Gasteiger partial charge in [0.1, 0.15) is 10.4 Å². The maximum absolute atomic E-state index is 12.1. The lowest BCUT2D eigenvalue weighted by molar-refractivity contribution is -0.144. The number of carbonyl (C=O) groups excluding carboxylic acids is 1. The second-order valence-corrected chi connectivity index (χ2v) is 6.24. The van der Waals surface area contributed by atoms with Gasteiger partial charge in [-0.15, -0.1) is 11.3 Å². The highest BCUT2D eigenvalue weighted by atomic mass is 32.2. The zero-order chi connectivity index (χ0) is 13.3. The number of thiocarbonyl (C=S) groups is 1. The van der Waals surface area contributed by atoms with Crippen molar-refractivity contribution < 1.29 is 14.7 Å². The van der Waals surface area contributed by atoms with Crippen molar-refractivity contribution in [1.82, 2.24) is 4.90 Å². The molecule has 2 rings (SSSR count). The number of thioether (sulfide) groups is 1. The minimum absolute atomic E-state index is 0.290. The van der Waals surface area contributed by atoms with Crippen molar-refractivity contribution in [2.45, 2.75) is 13.0 Å². The Bertz CT molecular complexity index is 536. The highest BCUT2D eigenvalue weighted by molar-refractivity contribution is 8.26. The van der Waals surface area contributed by atoms with Gasteiger partial charge in [0.2, 0.25) is 0 Å². The van der Waals surface area contributed by atoms with E-state index in [0.717, 1.165) is 21.5 Å². The number of thiophene rings is 1. The lowest BCUT2D eigenvalue weighted by Gasteiger charge is -2.18. The first kappa shape index (κ1) is 13.3. The molecular weight excluding hydrogens is 290 g/mol. The summed E-state index contributed by atoms with van der Waals surface area (Å²) in [5.41, 5.74) is 0. The van der Waals surface area contributed by atoms with Crippen LogP contribution in [0.25, 0.3) is 6.08 Å². The van der Waals surface area contributed by atoms with Crippen molar-refractivity contribution in [3.8, 4) is 0 Å². The van der Waals surface area contributed by atoms with Gasteiger partial charge in [0.25, 0.3) is 5.91 Å². The van der Waals surface area contributed by atoms with Gasteiger partial charge in [-0.25, -0.2) is 4.79 Å². The molecule has 0 saturated carbocycles. The zero-order valence-electron chi connectivity index (χ0n) is 9.32. The van der Waals surface area contributed by atoms with Gasteiger partial charge in [-0.1, -0.05) is 30.0 Å². The van der Waals surface area contributed by atoms with Gasteiger partial charge < -0.3 is 5.11 Å². The Morgan fingerprint density at radius 3 is 2.89 bits per heavy atom. The minimum atomic E-state index is -1.07. The van der Waals surface area contributed by atoms with Gasteiger partial charge in [0.05, 0.1) is 4.91 Å². The van der Waals surface area contributed by atoms with E-state index in [4.69, 9.17) is 17.3 Å². The average Bonchev–Trinajstić information content (AvgIpc) is 2.88. The molecule has 0 radical (unpaired) electrons. The molecule has 1 amide bonds. The molecule has 18 heavy (non-hydrogen) atoms. The Labute approximate surface area is 117 Å². The van der Waals surface area contributed by atoms with E-state index in [9.17, 15) is 9.59 Å². The molecule has 1 aromatic heterocycles. The number of hydrogen-bond acceptors (Lipinski definition) is 5. The van der Waals surface area contributed by atoms with Gasteiger partial charge in [-0.05, 0) is 24.4 Å². The van der Waals surface area contributed by atoms with Crippen molar-refractivity contribution in [1.29, 1.82) is 0 Å². The molecule has 7 heteroatoms. The first-order valence-electron chi connectivity index (χ1n) is 5.04. The standard InChI is InChI=1S/C11H9NO3S3/c1-6(10(14)15)12-9(13)8(18-11(12)16)5-7-3-2-4-17-7/h2-6H,1H3,(H,14,15)/b8-5-. The third-order valence-electron chi connectivity index (χ3n) is 2.38. The van der Waals surface area contributed by atoms with Crippen LogP contribution in [0.4, 0.5) is 0 Å². The number of rotatable bonds is 3. The van der Waals surface area contributed by atoms with E-state index < -0.39 is 12.0 Å². The molecule has 1 aliphatic heterocycles. The first-order chi connectivity index (χ1) is 8.50. The van der Waals surface area contributed by atoms with Crippen LogP contribution in [-0.2, 0) is 9.59 Å². The van der Waals surface area contributed by atoms with E-state index in [1.165, 1.54) is 18.3 Å². The topological polar surface area (TPSA) is 57.6 Å². The van der Waals surface area contributed by atoms with E-state index in [0.29, 0.717) is 4.91 Å². The molecule has 1 unspecified atom stereocenters. The molecule has 0 aromatic carbocycles. The van der Waals surface area contributed by atoms with Gasteiger partial charge in [-0.3, -0.25) is 9.69 Å². The van der Waals surface area contributed by atoms with Crippen LogP contribution in [0, 0.1) is 0 Å². The van der Waals surface area contributed by atoms with Crippen LogP contribution in [0.15, 0.2) is 22.4 Å². The Morgan fingerprint density at radius 1 is 1.61 bits per heavy atom. The molecule has 1 aromatic rings. The van der Waals surface area contributed by atoms with Crippen LogP contribution in [0.2, 0.25) is 0 Å². The molecule has 1 fully saturated rings. The normalized spacial score (nSPS) is 19.6. The SMILES string of the molecule is CC(C(=O)O)N1C(=O)/C(=C/c2cccs2)SC1=S. The third-order valence-corrected chi connectivity index (χ3v) is 4.53. The second-order valence-electron chi connectivity index (χ2n) is 3.58. The second kappa shape index (κ2) is 5.21. The molecule has 0 spiro atoms. The molecular formula is C11H9NO3S3. The number of carboxylic acids is 1. The molecule has 1 aliphatic rings.